The van der Waals surface area contributed by atoms with Crippen LogP contribution in [-0.2, 0) is 4.74 Å². The molecule has 2 saturated carbocycles. The van der Waals surface area contributed by atoms with E-state index in [4.69, 9.17) is 20.0 Å². The molecule has 20 heavy (non-hydrogen) atoms. The zero-order valence-electron chi connectivity index (χ0n) is 11.6. The standard InChI is InChI=1S/C15H21N3O2/c16-13-8-2-1-7(5-8)12(13)15-17-14(18-20-15)10-6-9-3-4-11(10)19-9/h7-13H,1-6,16H2. The maximum absolute atomic E-state index is 6.37. The Hall–Kier alpha value is -0.940. The van der Waals surface area contributed by atoms with E-state index in [1.807, 2.05) is 0 Å². The van der Waals surface area contributed by atoms with Crippen LogP contribution in [0.4, 0.5) is 0 Å². The van der Waals surface area contributed by atoms with Crippen LogP contribution in [0.5, 0.6) is 0 Å². The van der Waals surface area contributed by atoms with Crippen molar-refractivity contribution in [2.24, 2.45) is 17.6 Å². The van der Waals surface area contributed by atoms with E-state index in [0.717, 1.165) is 24.6 Å². The Balaban J connectivity index is 1.41. The van der Waals surface area contributed by atoms with Crippen LogP contribution in [-0.4, -0.2) is 28.4 Å². The minimum atomic E-state index is 0.221. The molecule has 2 N–H and O–H groups in total. The fourth-order valence-corrected chi connectivity index (χ4v) is 5.15. The Morgan fingerprint density at radius 3 is 2.65 bits per heavy atom. The van der Waals surface area contributed by atoms with Gasteiger partial charge in [-0.05, 0) is 50.4 Å². The molecule has 0 aromatic carbocycles. The van der Waals surface area contributed by atoms with Crippen LogP contribution in [0.15, 0.2) is 4.52 Å². The van der Waals surface area contributed by atoms with E-state index in [1.54, 1.807) is 0 Å². The van der Waals surface area contributed by atoms with E-state index in [9.17, 15) is 0 Å². The fraction of sp³-hybridized carbons (Fsp3) is 0.867. The topological polar surface area (TPSA) is 74.2 Å². The third-order valence-electron chi connectivity index (χ3n) is 6.16. The lowest BCUT2D eigenvalue weighted by Crippen LogP contribution is -2.34. The molecule has 0 amide bonds. The van der Waals surface area contributed by atoms with Gasteiger partial charge in [0.1, 0.15) is 0 Å². The lowest BCUT2D eigenvalue weighted by atomic mass is 9.85. The van der Waals surface area contributed by atoms with Gasteiger partial charge in [0.05, 0.1) is 24.0 Å². The molecular formula is C15H21N3O2. The third-order valence-corrected chi connectivity index (χ3v) is 6.16. The second-order valence-electron chi connectivity index (χ2n) is 7.14. The zero-order valence-corrected chi connectivity index (χ0v) is 11.6. The molecule has 2 aliphatic carbocycles. The minimum Gasteiger partial charge on any atom is -0.374 e. The van der Waals surface area contributed by atoms with Gasteiger partial charge in [-0.3, -0.25) is 0 Å². The molecule has 1 aromatic rings. The highest BCUT2D eigenvalue weighted by Crippen LogP contribution is 2.52. The van der Waals surface area contributed by atoms with Crippen molar-refractivity contribution < 1.29 is 9.26 Å². The van der Waals surface area contributed by atoms with Crippen molar-refractivity contribution in [3.05, 3.63) is 11.7 Å². The molecule has 1 aromatic heterocycles. The van der Waals surface area contributed by atoms with E-state index >= 15 is 0 Å². The average Bonchev–Trinajstić information content (AvgIpc) is 3.24. The SMILES string of the molecule is NC1C2CCC(C2)C1c1nc(C2CC3CCC2O3)no1. The number of nitrogens with zero attached hydrogens (tertiary/aromatic N) is 2. The number of fused-ring (bicyclic) bond motifs is 4. The smallest absolute Gasteiger partial charge is 0.231 e. The van der Waals surface area contributed by atoms with Crippen molar-refractivity contribution >= 4 is 0 Å². The second-order valence-corrected chi connectivity index (χ2v) is 7.14. The number of hydrogen-bond donors (Lipinski definition) is 1. The van der Waals surface area contributed by atoms with Crippen molar-refractivity contribution in [1.82, 2.24) is 10.1 Å². The first kappa shape index (κ1) is 11.7. The van der Waals surface area contributed by atoms with Crippen molar-refractivity contribution in [1.29, 1.82) is 0 Å². The molecular weight excluding hydrogens is 254 g/mol. The van der Waals surface area contributed by atoms with Crippen molar-refractivity contribution in [2.45, 2.75) is 68.6 Å². The largest absolute Gasteiger partial charge is 0.374 e. The Labute approximate surface area is 118 Å². The molecule has 108 valence electrons. The molecule has 5 heteroatoms. The predicted molar refractivity (Wildman–Crippen MR) is 71.1 cm³/mol. The van der Waals surface area contributed by atoms with Crippen LogP contribution in [0.2, 0.25) is 0 Å². The first-order chi connectivity index (χ1) is 9.79. The molecule has 2 saturated heterocycles. The molecule has 0 radical (unpaired) electrons. The lowest BCUT2D eigenvalue weighted by Gasteiger charge is -2.24. The number of hydrogen-bond acceptors (Lipinski definition) is 5. The molecule has 5 nitrogen and oxygen atoms in total. The Morgan fingerprint density at radius 1 is 1.05 bits per heavy atom. The summed E-state index contributed by atoms with van der Waals surface area (Å²) in [6, 6.07) is 0.221. The number of rotatable bonds is 2. The quantitative estimate of drug-likeness (QED) is 0.893. The van der Waals surface area contributed by atoms with Crippen LogP contribution >= 0.6 is 0 Å². The first-order valence-electron chi connectivity index (χ1n) is 8.04. The minimum absolute atomic E-state index is 0.221. The van der Waals surface area contributed by atoms with Crippen LogP contribution < -0.4 is 5.73 Å². The van der Waals surface area contributed by atoms with Crippen molar-refractivity contribution in [2.75, 3.05) is 0 Å². The Kier molecular flexibility index (Phi) is 2.36. The zero-order chi connectivity index (χ0) is 13.3. The maximum atomic E-state index is 6.37. The highest BCUT2D eigenvalue weighted by Gasteiger charge is 2.50. The lowest BCUT2D eigenvalue weighted by molar-refractivity contribution is 0.0996. The molecule has 4 fully saturated rings. The summed E-state index contributed by atoms with van der Waals surface area (Å²) >= 11 is 0. The molecule has 7 atom stereocenters. The summed E-state index contributed by atoms with van der Waals surface area (Å²) in [5, 5.41) is 4.26. The predicted octanol–water partition coefficient (Wildman–Crippen LogP) is 1.95. The maximum Gasteiger partial charge on any atom is 0.231 e. The van der Waals surface area contributed by atoms with E-state index in [2.05, 4.69) is 5.16 Å². The normalized spacial score (nSPS) is 49.4. The third kappa shape index (κ3) is 1.51. The van der Waals surface area contributed by atoms with Gasteiger partial charge in [-0.2, -0.15) is 4.98 Å². The molecule has 7 unspecified atom stereocenters. The second kappa shape index (κ2) is 4.04. The van der Waals surface area contributed by atoms with E-state index < -0.39 is 0 Å². The van der Waals surface area contributed by atoms with E-state index in [0.29, 0.717) is 35.9 Å². The Bertz CT molecular complexity index is 529. The van der Waals surface area contributed by atoms with Gasteiger partial charge < -0.3 is 15.0 Å². The molecule has 3 heterocycles. The summed E-state index contributed by atoms with van der Waals surface area (Å²) in [6.45, 7) is 0. The fourth-order valence-electron chi connectivity index (χ4n) is 5.15. The number of nitrogens with two attached hydrogens (primary N) is 1. The van der Waals surface area contributed by atoms with Crippen LogP contribution in [0.1, 0.15) is 62.1 Å². The van der Waals surface area contributed by atoms with E-state index in [1.165, 1.54) is 25.7 Å². The molecule has 2 aliphatic heterocycles. The first-order valence-corrected chi connectivity index (χ1v) is 8.04. The van der Waals surface area contributed by atoms with Crippen molar-refractivity contribution in [3.8, 4) is 0 Å². The van der Waals surface area contributed by atoms with Crippen molar-refractivity contribution in [3.63, 3.8) is 0 Å². The van der Waals surface area contributed by atoms with Gasteiger partial charge >= 0.3 is 0 Å². The number of ether oxygens (including phenoxy) is 1. The highest BCUT2D eigenvalue weighted by atomic mass is 16.5. The molecule has 4 bridgehead atoms. The van der Waals surface area contributed by atoms with Gasteiger partial charge in [0.2, 0.25) is 5.89 Å². The summed E-state index contributed by atoms with van der Waals surface area (Å²) in [5.41, 5.74) is 6.37. The van der Waals surface area contributed by atoms with Gasteiger partial charge in [0.15, 0.2) is 5.82 Å². The van der Waals surface area contributed by atoms with E-state index in [-0.39, 0.29) is 6.04 Å². The molecule has 0 spiro atoms. The van der Waals surface area contributed by atoms with Gasteiger partial charge in [-0.1, -0.05) is 5.16 Å². The monoisotopic (exact) mass is 275 g/mol. The summed E-state index contributed by atoms with van der Waals surface area (Å²) in [5.74, 6) is 3.64. The van der Waals surface area contributed by atoms with Gasteiger partial charge in [-0.25, -0.2) is 0 Å². The van der Waals surface area contributed by atoms with Gasteiger partial charge in [-0.15, -0.1) is 0 Å². The van der Waals surface area contributed by atoms with Crippen LogP contribution in [0.25, 0.3) is 0 Å². The Morgan fingerprint density at radius 2 is 1.95 bits per heavy atom. The number of aromatic nitrogens is 2. The highest BCUT2D eigenvalue weighted by molar-refractivity contribution is 5.14. The van der Waals surface area contributed by atoms with Gasteiger partial charge in [0.25, 0.3) is 0 Å². The molecule has 4 aliphatic rings. The summed E-state index contributed by atoms with van der Waals surface area (Å²) in [6.07, 6.45) is 7.96. The van der Waals surface area contributed by atoms with Crippen LogP contribution in [0.3, 0.4) is 0 Å². The average molecular weight is 275 g/mol. The summed E-state index contributed by atoms with van der Waals surface area (Å²) in [4.78, 5) is 4.72. The molecule has 5 rings (SSSR count). The summed E-state index contributed by atoms with van der Waals surface area (Å²) in [7, 11) is 0. The van der Waals surface area contributed by atoms with Gasteiger partial charge in [0, 0.05) is 6.04 Å². The summed E-state index contributed by atoms with van der Waals surface area (Å²) < 4.78 is 11.5. The van der Waals surface area contributed by atoms with Crippen LogP contribution in [0, 0.1) is 11.8 Å².